The molecule has 0 fully saturated rings. The van der Waals surface area contributed by atoms with Crippen LogP contribution in [0.25, 0.3) is 202 Å². The Kier molecular flexibility index (Phi) is 19.6. The average molecular weight is 1480 g/mol. The first-order valence-electron chi connectivity index (χ1n) is 38.6. The quantitative estimate of drug-likeness (QED) is 0.0922. The van der Waals surface area contributed by atoms with Crippen molar-refractivity contribution in [3.63, 3.8) is 0 Å². The van der Waals surface area contributed by atoms with Crippen molar-refractivity contribution < 1.29 is 0 Å². The molecule has 0 amide bonds. The van der Waals surface area contributed by atoms with E-state index in [1.807, 2.05) is 164 Å². The van der Waals surface area contributed by atoms with Crippen LogP contribution in [0.15, 0.2) is 425 Å². The summed E-state index contributed by atoms with van der Waals surface area (Å²) in [5.41, 5.74) is 30.3. The standard InChI is InChI=1S/2C53H35N5/c1-4-12-36(13-5-1)45-32-51(56-52(33-45)48-31-28-41-16-10-11-19-46(41)55-48)47-30-29-44(35-54-47)39-22-20-37(21-23-39)38-24-26-42(27-25-38)50-34-49(40-14-6-2-7-15-40)57-53(58-50)43-17-8-3-9-18-43;1-4-12-36(13-5-1)46-31-51(56-52(32-46)50-30-43-18-10-11-19-44(43)34-55-50)47-29-28-45(35-54-47)39-22-20-37(21-23-39)38-24-26-41(27-25-38)49-33-48(40-14-6-2-7-15-40)57-53(58-49)42-16-8-3-9-17-42/h2*1-35H. The zero-order valence-corrected chi connectivity index (χ0v) is 62.9. The van der Waals surface area contributed by atoms with E-state index in [2.05, 4.69) is 261 Å². The molecule has 20 aromatic rings. The van der Waals surface area contributed by atoms with Crippen molar-refractivity contribution in [3.8, 4) is 180 Å². The van der Waals surface area contributed by atoms with Gasteiger partial charge in [0.05, 0.1) is 73.8 Å². The van der Waals surface area contributed by atoms with E-state index < -0.39 is 0 Å². The number of hydrogen-bond donors (Lipinski definition) is 0. The molecule has 0 saturated heterocycles. The second kappa shape index (κ2) is 32.3. The van der Waals surface area contributed by atoms with E-state index in [-0.39, 0.29) is 0 Å². The van der Waals surface area contributed by atoms with Crippen molar-refractivity contribution in [3.05, 3.63) is 425 Å². The zero-order valence-electron chi connectivity index (χ0n) is 62.9. The first-order chi connectivity index (χ1) is 57.4. The Morgan fingerprint density at radius 2 is 0.397 bits per heavy atom. The van der Waals surface area contributed by atoms with Crippen LogP contribution in [0.3, 0.4) is 0 Å². The lowest BCUT2D eigenvalue weighted by atomic mass is 9.99. The number of pyridine rings is 6. The van der Waals surface area contributed by atoms with Crippen molar-refractivity contribution in [2.24, 2.45) is 0 Å². The lowest BCUT2D eigenvalue weighted by Gasteiger charge is -2.11. The molecule has 10 heteroatoms. The molecule has 0 atom stereocenters. The molecule has 8 aromatic heterocycles. The van der Waals surface area contributed by atoms with E-state index in [1.54, 1.807) is 0 Å². The van der Waals surface area contributed by atoms with Gasteiger partial charge in [0, 0.05) is 73.9 Å². The summed E-state index contributed by atoms with van der Waals surface area (Å²) in [6.45, 7) is 0. The molecule has 0 bridgehead atoms. The Morgan fingerprint density at radius 1 is 0.121 bits per heavy atom. The highest BCUT2D eigenvalue weighted by molar-refractivity contribution is 5.88. The van der Waals surface area contributed by atoms with E-state index in [1.165, 1.54) is 0 Å². The molecule has 0 aliphatic heterocycles. The van der Waals surface area contributed by atoms with Crippen LogP contribution in [-0.4, -0.2) is 49.8 Å². The van der Waals surface area contributed by atoms with Gasteiger partial charge in [-0.1, -0.05) is 340 Å². The van der Waals surface area contributed by atoms with Crippen molar-refractivity contribution in [1.29, 1.82) is 0 Å². The maximum Gasteiger partial charge on any atom is 0.160 e. The molecule has 0 radical (unpaired) electrons. The summed E-state index contributed by atoms with van der Waals surface area (Å²) in [6.07, 6.45) is 5.77. The fraction of sp³-hybridized carbons (Fsp3) is 0. The number of hydrogen-bond acceptors (Lipinski definition) is 10. The zero-order chi connectivity index (χ0) is 77.4. The number of fused-ring (bicyclic) bond motifs is 2. The van der Waals surface area contributed by atoms with Crippen LogP contribution in [0.5, 0.6) is 0 Å². The van der Waals surface area contributed by atoms with Crippen LogP contribution in [0.1, 0.15) is 0 Å². The predicted molar refractivity (Wildman–Crippen MR) is 473 cm³/mol. The Balaban J connectivity index is 0.000000155. The van der Waals surface area contributed by atoms with Gasteiger partial charge in [-0.15, -0.1) is 0 Å². The summed E-state index contributed by atoms with van der Waals surface area (Å²) in [6, 6.07) is 140. The van der Waals surface area contributed by atoms with Gasteiger partial charge in [-0.25, -0.2) is 34.9 Å². The molecular weight excluding hydrogens is 1410 g/mol. The number of aromatic nitrogens is 10. The number of rotatable bonds is 16. The monoisotopic (exact) mass is 1480 g/mol. The third-order valence-corrected chi connectivity index (χ3v) is 20.8. The minimum absolute atomic E-state index is 0.708. The third kappa shape index (κ3) is 15.6. The highest BCUT2D eigenvalue weighted by atomic mass is 14.9. The normalized spacial score (nSPS) is 11.1. The molecule has 0 spiro atoms. The van der Waals surface area contributed by atoms with Gasteiger partial charge in [-0.05, 0) is 128 Å². The molecule has 8 heterocycles. The molecule has 0 saturated carbocycles. The summed E-state index contributed by atoms with van der Waals surface area (Å²) in [5, 5.41) is 3.33. The maximum atomic E-state index is 5.08. The second-order valence-corrected chi connectivity index (χ2v) is 28.4. The van der Waals surface area contributed by atoms with Crippen LogP contribution in [0, 0.1) is 0 Å². The lowest BCUT2D eigenvalue weighted by Crippen LogP contribution is -1.95. The van der Waals surface area contributed by atoms with Crippen molar-refractivity contribution in [2.75, 3.05) is 0 Å². The van der Waals surface area contributed by atoms with Crippen molar-refractivity contribution in [2.45, 2.75) is 0 Å². The van der Waals surface area contributed by atoms with Crippen LogP contribution < -0.4 is 0 Å². The SMILES string of the molecule is c1ccc(-c2cc(-c3ccc(-c4ccc(-c5ccc(-c6cc(-c7ccccc7)nc(-c7ccccc7)n6)cc5)cc4)cn3)nc(-c3cc4ccccc4cn3)c2)cc1.c1ccc(-c2cc(-c3ccc(-c4ccc(-c5ccc(-c6cc(-c7ccccc7)nc(-c7ccccc7)n6)cc5)cc4)cn3)nc(-c3ccc4ccccc4n3)c2)cc1. The third-order valence-electron chi connectivity index (χ3n) is 20.8. The van der Waals surface area contributed by atoms with Crippen molar-refractivity contribution in [1.82, 2.24) is 49.8 Å². The van der Waals surface area contributed by atoms with Gasteiger partial charge in [0.2, 0.25) is 0 Å². The number of nitrogens with zero attached hydrogens (tertiary/aromatic N) is 10. The highest BCUT2D eigenvalue weighted by Crippen LogP contribution is 2.38. The van der Waals surface area contributed by atoms with Gasteiger partial charge in [0.1, 0.15) is 0 Å². The summed E-state index contributed by atoms with van der Waals surface area (Å²) in [7, 11) is 0. The van der Waals surface area contributed by atoms with Crippen molar-refractivity contribution >= 4 is 21.7 Å². The minimum atomic E-state index is 0.708. The van der Waals surface area contributed by atoms with Crippen LogP contribution in [0.4, 0.5) is 0 Å². The van der Waals surface area contributed by atoms with Crippen LogP contribution in [0.2, 0.25) is 0 Å². The molecule has 20 rings (SSSR count). The molecule has 0 aliphatic rings. The minimum Gasteiger partial charge on any atom is -0.254 e. The van der Waals surface area contributed by atoms with E-state index in [4.69, 9.17) is 49.8 Å². The molecule has 544 valence electrons. The predicted octanol–water partition coefficient (Wildman–Crippen LogP) is 26.3. The van der Waals surface area contributed by atoms with Crippen LogP contribution >= 0.6 is 0 Å². The lowest BCUT2D eigenvalue weighted by molar-refractivity contribution is 1.18. The Labute approximate surface area is 672 Å². The molecule has 0 unspecified atom stereocenters. The molecule has 0 N–H and O–H groups in total. The molecular formula is C106H70N10. The van der Waals surface area contributed by atoms with Gasteiger partial charge >= 0.3 is 0 Å². The summed E-state index contributed by atoms with van der Waals surface area (Å²) in [4.78, 5) is 49.6. The molecule has 116 heavy (non-hydrogen) atoms. The average Bonchev–Trinajstić information content (AvgIpc) is 0.774. The summed E-state index contributed by atoms with van der Waals surface area (Å²) in [5.74, 6) is 1.42. The molecule has 12 aromatic carbocycles. The highest BCUT2D eigenvalue weighted by Gasteiger charge is 2.18. The van der Waals surface area contributed by atoms with Gasteiger partial charge in [-0.2, -0.15) is 0 Å². The van der Waals surface area contributed by atoms with Gasteiger partial charge in [-0.3, -0.25) is 15.0 Å². The molecule has 0 aliphatic carbocycles. The topological polar surface area (TPSA) is 129 Å². The largest absolute Gasteiger partial charge is 0.254 e. The Hall–Kier alpha value is -15.8. The summed E-state index contributed by atoms with van der Waals surface area (Å²) >= 11 is 0. The Morgan fingerprint density at radius 3 is 0.784 bits per heavy atom. The first-order valence-corrected chi connectivity index (χ1v) is 38.6. The first kappa shape index (κ1) is 70.6. The molecule has 10 nitrogen and oxygen atoms in total. The fourth-order valence-electron chi connectivity index (χ4n) is 14.6. The summed E-state index contributed by atoms with van der Waals surface area (Å²) < 4.78 is 0. The smallest absolute Gasteiger partial charge is 0.160 e. The van der Waals surface area contributed by atoms with Gasteiger partial charge in [0.25, 0.3) is 0 Å². The number of para-hydroxylation sites is 1. The second-order valence-electron chi connectivity index (χ2n) is 28.4. The van der Waals surface area contributed by atoms with E-state index >= 15 is 0 Å². The fourth-order valence-corrected chi connectivity index (χ4v) is 14.6. The Bertz CT molecular complexity index is 6310. The number of benzene rings is 12. The van der Waals surface area contributed by atoms with E-state index in [0.29, 0.717) is 11.6 Å². The van der Waals surface area contributed by atoms with Crippen LogP contribution in [-0.2, 0) is 0 Å². The van der Waals surface area contributed by atoms with Gasteiger partial charge < -0.3 is 0 Å². The van der Waals surface area contributed by atoms with E-state index in [0.717, 1.165) is 190 Å². The van der Waals surface area contributed by atoms with Gasteiger partial charge in [0.15, 0.2) is 11.6 Å². The van der Waals surface area contributed by atoms with E-state index in [9.17, 15) is 0 Å². The maximum absolute atomic E-state index is 5.08.